The number of hydrogen-bond donors (Lipinski definition) is 1. The van der Waals surface area contributed by atoms with Crippen LogP contribution in [0.15, 0.2) is 24.3 Å². The zero-order valence-electron chi connectivity index (χ0n) is 9.36. The van der Waals surface area contributed by atoms with E-state index in [1.807, 2.05) is 24.1 Å². The second-order valence-corrected chi connectivity index (χ2v) is 3.62. The molecule has 0 saturated heterocycles. The first-order valence-electron chi connectivity index (χ1n) is 5.19. The first kappa shape index (κ1) is 11.7. The van der Waals surface area contributed by atoms with Gasteiger partial charge in [0, 0.05) is 12.7 Å². The highest BCUT2D eigenvalue weighted by atomic mass is 16.1. The van der Waals surface area contributed by atoms with Crippen molar-refractivity contribution in [1.82, 2.24) is 0 Å². The summed E-state index contributed by atoms with van der Waals surface area (Å²) in [5, 5.41) is 0. The Morgan fingerprint density at radius 1 is 1.33 bits per heavy atom. The maximum absolute atomic E-state index is 11.2. The molecule has 0 aromatic heterocycles. The topological polar surface area (TPSA) is 46.3 Å². The molecule has 0 unspecified atom stereocenters. The van der Waals surface area contributed by atoms with Gasteiger partial charge in [0.2, 0.25) is 0 Å². The van der Waals surface area contributed by atoms with E-state index in [1.54, 1.807) is 0 Å². The summed E-state index contributed by atoms with van der Waals surface area (Å²) < 4.78 is 0. The van der Waals surface area contributed by atoms with Crippen LogP contribution in [0.3, 0.4) is 0 Å². The normalized spacial score (nSPS) is 10.1. The number of nitrogens with two attached hydrogens (primary N) is 1. The summed E-state index contributed by atoms with van der Waals surface area (Å²) in [4.78, 5) is 13.1. The van der Waals surface area contributed by atoms with Crippen LogP contribution in [0.1, 0.15) is 12.5 Å². The van der Waals surface area contributed by atoms with E-state index in [2.05, 4.69) is 19.1 Å². The number of carbonyl (C=O) groups is 1. The molecule has 0 amide bonds. The number of rotatable bonds is 5. The smallest absolute Gasteiger partial charge is 0.165 e. The molecule has 1 aromatic carbocycles. The highest BCUT2D eigenvalue weighted by Crippen LogP contribution is 2.13. The van der Waals surface area contributed by atoms with E-state index < -0.39 is 0 Å². The number of benzene rings is 1. The summed E-state index contributed by atoms with van der Waals surface area (Å²) in [5.41, 5.74) is 7.62. The van der Waals surface area contributed by atoms with Crippen molar-refractivity contribution >= 4 is 11.5 Å². The third kappa shape index (κ3) is 3.36. The molecule has 15 heavy (non-hydrogen) atoms. The number of ketones is 1. The van der Waals surface area contributed by atoms with Gasteiger partial charge in [-0.2, -0.15) is 0 Å². The van der Waals surface area contributed by atoms with E-state index in [0.29, 0.717) is 6.54 Å². The zero-order chi connectivity index (χ0) is 11.3. The van der Waals surface area contributed by atoms with Gasteiger partial charge >= 0.3 is 0 Å². The third-order valence-electron chi connectivity index (χ3n) is 2.43. The summed E-state index contributed by atoms with van der Waals surface area (Å²) in [6.07, 6.45) is 1.03. The van der Waals surface area contributed by atoms with Crippen molar-refractivity contribution in [1.29, 1.82) is 0 Å². The Kier molecular flexibility index (Phi) is 4.31. The summed E-state index contributed by atoms with van der Waals surface area (Å²) in [7, 11) is 1.90. The van der Waals surface area contributed by atoms with Crippen molar-refractivity contribution in [3.63, 3.8) is 0 Å². The molecule has 3 heteroatoms. The van der Waals surface area contributed by atoms with Crippen molar-refractivity contribution in [2.75, 3.05) is 25.0 Å². The number of carbonyl (C=O) groups excluding carboxylic acids is 1. The molecule has 0 radical (unpaired) electrons. The van der Waals surface area contributed by atoms with Crippen LogP contribution in [0.5, 0.6) is 0 Å². The van der Waals surface area contributed by atoms with Crippen LogP contribution >= 0.6 is 0 Å². The number of aryl methyl sites for hydroxylation is 1. The summed E-state index contributed by atoms with van der Waals surface area (Å²) in [6, 6.07) is 8.22. The molecule has 0 spiro atoms. The minimum Gasteiger partial charge on any atom is -0.367 e. The van der Waals surface area contributed by atoms with Crippen LogP contribution < -0.4 is 10.6 Å². The molecular weight excluding hydrogens is 188 g/mol. The SMILES string of the molecule is CCc1ccc(N(C)CC(=O)CN)cc1. The Hall–Kier alpha value is -1.35. The van der Waals surface area contributed by atoms with Gasteiger partial charge in [-0.25, -0.2) is 0 Å². The monoisotopic (exact) mass is 206 g/mol. The van der Waals surface area contributed by atoms with Gasteiger partial charge in [-0.3, -0.25) is 4.79 Å². The molecular formula is C12H18N2O. The van der Waals surface area contributed by atoms with Crippen LogP contribution in [-0.2, 0) is 11.2 Å². The molecule has 0 aliphatic carbocycles. The van der Waals surface area contributed by atoms with Gasteiger partial charge in [-0.15, -0.1) is 0 Å². The van der Waals surface area contributed by atoms with Gasteiger partial charge in [0.25, 0.3) is 0 Å². The van der Waals surface area contributed by atoms with Crippen molar-refractivity contribution in [2.24, 2.45) is 5.73 Å². The molecule has 82 valence electrons. The van der Waals surface area contributed by atoms with Crippen molar-refractivity contribution in [3.05, 3.63) is 29.8 Å². The van der Waals surface area contributed by atoms with Crippen molar-refractivity contribution < 1.29 is 4.79 Å². The van der Waals surface area contributed by atoms with Crippen LogP contribution in [0.25, 0.3) is 0 Å². The zero-order valence-corrected chi connectivity index (χ0v) is 9.36. The average molecular weight is 206 g/mol. The lowest BCUT2D eigenvalue weighted by Crippen LogP contribution is -2.29. The molecule has 0 fully saturated rings. The average Bonchev–Trinajstić information content (AvgIpc) is 2.29. The fraction of sp³-hybridized carbons (Fsp3) is 0.417. The molecule has 0 heterocycles. The predicted octanol–water partition coefficient (Wildman–Crippen LogP) is 1.21. The molecule has 3 nitrogen and oxygen atoms in total. The lowest BCUT2D eigenvalue weighted by molar-refractivity contribution is -0.116. The maximum atomic E-state index is 11.2. The van der Waals surface area contributed by atoms with Crippen LogP contribution in [0.4, 0.5) is 5.69 Å². The van der Waals surface area contributed by atoms with E-state index in [0.717, 1.165) is 12.1 Å². The lowest BCUT2D eigenvalue weighted by Gasteiger charge is -2.18. The predicted molar refractivity (Wildman–Crippen MR) is 63.2 cm³/mol. The fourth-order valence-electron chi connectivity index (χ4n) is 1.41. The van der Waals surface area contributed by atoms with Gasteiger partial charge in [-0.1, -0.05) is 19.1 Å². The molecule has 2 N–H and O–H groups in total. The van der Waals surface area contributed by atoms with E-state index in [9.17, 15) is 4.79 Å². The standard InChI is InChI=1S/C12H18N2O/c1-3-10-4-6-11(7-5-10)14(2)9-12(15)8-13/h4-7H,3,8-9,13H2,1-2H3. The Morgan fingerprint density at radius 3 is 2.40 bits per heavy atom. The first-order valence-corrected chi connectivity index (χ1v) is 5.19. The number of likely N-dealkylation sites (N-methyl/N-ethyl adjacent to an activating group) is 1. The highest BCUT2D eigenvalue weighted by Gasteiger charge is 2.05. The largest absolute Gasteiger partial charge is 0.367 e. The van der Waals surface area contributed by atoms with Gasteiger partial charge in [0.05, 0.1) is 13.1 Å². The second kappa shape index (κ2) is 5.51. The van der Waals surface area contributed by atoms with E-state index in [4.69, 9.17) is 5.73 Å². The number of nitrogens with zero attached hydrogens (tertiary/aromatic N) is 1. The van der Waals surface area contributed by atoms with Gasteiger partial charge in [0.1, 0.15) is 0 Å². The minimum absolute atomic E-state index is 0.0528. The van der Waals surface area contributed by atoms with Gasteiger partial charge in [0.15, 0.2) is 5.78 Å². The van der Waals surface area contributed by atoms with Gasteiger partial charge < -0.3 is 10.6 Å². The van der Waals surface area contributed by atoms with Crippen LogP contribution in [-0.4, -0.2) is 25.9 Å². The molecule has 0 bridgehead atoms. The highest BCUT2D eigenvalue weighted by molar-refractivity contribution is 5.84. The van der Waals surface area contributed by atoms with Crippen LogP contribution in [0.2, 0.25) is 0 Å². The second-order valence-electron chi connectivity index (χ2n) is 3.62. The minimum atomic E-state index is 0.0528. The Balaban J connectivity index is 2.65. The summed E-state index contributed by atoms with van der Waals surface area (Å²) in [5.74, 6) is 0.0528. The summed E-state index contributed by atoms with van der Waals surface area (Å²) >= 11 is 0. The first-order chi connectivity index (χ1) is 7.17. The van der Waals surface area contributed by atoms with Gasteiger partial charge in [-0.05, 0) is 24.1 Å². The summed E-state index contributed by atoms with van der Waals surface area (Å²) in [6.45, 7) is 2.61. The molecule has 1 rings (SSSR count). The Bertz CT molecular complexity index is 319. The third-order valence-corrected chi connectivity index (χ3v) is 2.43. The molecule has 0 atom stereocenters. The quantitative estimate of drug-likeness (QED) is 0.787. The fourth-order valence-corrected chi connectivity index (χ4v) is 1.41. The molecule has 1 aromatic rings. The lowest BCUT2D eigenvalue weighted by atomic mass is 10.1. The molecule has 0 saturated carbocycles. The van der Waals surface area contributed by atoms with E-state index in [1.165, 1.54) is 5.56 Å². The van der Waals surface area contributed by atoms with Crippen LogP contribution in [0, 0.1) is 0 Å². The Labute approximate surface area is 90.9 Å². The number of hydrogen-bond acceptors (Lipinski definition) is 3. The van der Waals surface area contributed by atoms with Crippen molar-refractivity contribution in [3.8, 4) is 0 Å². The Morgan fingerprint density at radius 2 is 1.93 bits per heavy atom. The number of anilines is 1. The molecule has 0 aliphatic heterocycles. The van der Waals surface area contributed by atoms with E-state index in [-0.39, 0.29) is 12.3 Å². The molecule has 0 aliphatic rings. The van der Waals surface area contributed by atoms with Crippen molar-refractivity contribution in [2.45, 2.75) is 13.3 Å². The maximum Gasteiger partial charge on any atom is 0.165 e. The number of Topliss-reactive ketones (excluding diaryl/α,β-unsaturated/α-hetero) is 1. The van der Waals surface area contributed by atoms with E-state index >= 15 is 0 Å².